The maximum Gasteiger partial charge on any atom is 0.305 e. The zero-order valence-corrected chi connectivity index (χ0v) is 9.82. The van der Waals surface area contributed by atoms with Crippen molar-refractivity contribution in [1.29, 1.82) is 0 Å². The maximum atomic E-state index is 11.3. The van der Waals surface area contributed by atoms with Gasteiger partial charge in [-0.1, -0.05) is 0 Å². The lowest BCUT2D eigenvalue weighted by atomic mass is 10.3. The Hall–Kier alpha value is -1.14. The van der Waals surface area contributed by atoms with Crippen molar-refractivity contribution in [3.8, 4) is 0 Å². The predicted octanol–water partition coefficient (Wildman–Crippen LogP) is -0.580. The van der Waals surface area contributed by atoms with Crippen LogP contribution >= 0.6 is 0 Å². The highest BCUT2D eigenvalue weighted by atomic mass is 16.5. The predicted molar refractivity (Wildman–Crippen MR) is 58.7 cm³/mol. The van der Waals surface area contributed by atoms with E-state index in [-0.39, 0.29) is 18.4 Å². The van der Waals surface area contributed by atoms with E-state index < -0.39 is 6.10 Å². The molecule has 0 radical (unpaired) electrons. The molecule has 3 N–H and O–H groups in total. The molecule has 0 bridgehead atoms. The average molecular weight is 232 g/mol. The van der Waals surface area contributed by atoms with Gasteiger partial charge in [-0.25, -0.2) is 0 Å². The molecule has 0 saturated carbocycles. The standard InChI is InChI=1S/C10H20N2O4/c1-3-16-9(13)5-4-6-12-10(14)8(7-11)15-2/h8H,3-7,11H2,1-2H3,(H,12,14). The Morgan fingerprint density at radius 1 is 1.44 bits per heavy atom. The molecule has 0 fully saturated rings. The normalized spacial score (nSPS) is 11.9. The van der Waals surface area contributed by atoms with Crippen LogP contribution in [0.2, 0.25) is 0 Å². The third-order valence-corrected chi connectivity index (χ3v) is 1.95. The fourth-order valence-electron chi connectivity index (χ4n) is 1.10. The monoisotopic (exact) mass is 232 g/mol. The van der Waals surface area contributed by atoms with Crippen LogP contribution in [0.25, 0.3) is 0 Å². The highest BCUT2D eigenvalue weighted by molar-refractivity contribution is 5.81. The largest absolute Gasteiger partial charge is 0.466 e. The molecule has 6 heteroatoms. The van der Waals surface area contributed by atoms with E-state index in [4.69, 9.17) is 15.2 Å². The van der Waals surface area contributed by atoms with Crippen LogP contribution in [0, 0.1) is 0 Å². The van der Waals surface area contributed by atoms with E-state index in [9.17, 15) is 9.59 Å². The summed E-state index contributed by atoms with van der Waals surface area (Å²) in [4.78, 5) is 22.3. The first-order valence-electron chi connectivity index (χ1n) is 5.31. The lowest BCUT2D eigenvalue weighted by molar-refractivity contribution is -0.143. The Labute approximate surface area is 95.5 Å². The molecule has 0 heterocycles. The maximum absolute atomic E-state index is 11.3. The van der Waals surface area contributed by atoms with Crippen LogP contribution in [0.5, 0.6) is 0 Å². The molecule has 1 unspecified atom stereocenters. The van der Waals surface area contributed by atoms with Gasteiger partial charge in [-0.15, -0.1) is 0 Å². The third kappa shape index (κ3) is 6.36. The number of esters is 1. The number of hydrogen-bond acceptors (Lipinski definition) is 5. The number of nitrogens with two attached hydrogens (primary N) is 1. The molecule has 1 atom stereocenters. The van der Waals surface area contributed by atoms with Gasteiger partial charge in [0.25, 0.3) is 0 Å². The number of methoxy groups -OCH3 is 1. The van der Waals surface area contributed by atoms with Crippen molar-refractivity contribution in [3.63, 3.8) is 0 Å². The highest BCUT2D eigenvalue weighted by Gasteiger charge is 2.14. The van der Waals surface area contributed by atoms with E-state index in [1.165, 1.54) is 7.11 Å². The zero-order valence-electron chi connectivity index (χ0n) is 9.82. The van der Waals surface area contributed by atoms with E-state index in [1.54, 1.807) is 6.92 Å². The first-order chi connectivity index (χ1) is 7.65. The van der Waals surface area contributed by atoms with E-state index in [2.05, 4.69) is 5.32 Å². The Kier molecular flexibility index (Phi) is 8.46. The summed E-state index contributed by atoms with van der Waals surface area (Å²) in [5.74, 6) is -0.507. The molecule has 0 rings (SSSR count). The minimum absolute atomic E-state index is 0.139. The number of hydrogen-bond donors (Lipinski definition) is 2. The van der Waals surface area contributed by atoms with Gasteiger partial charge in [0, 0.05) is 26.6 Å². The Balaban J connectivity index is 3.58. The zero-order chi connectivity index (χ0) is 12.4. The van der Waals surface area contributed by atoms with Gasteiger partial charge in [0.2, 0.25) is 5.91 Å². The lowest BCUT2D eigenvalue weighted by Crippen LogP contribution is -2.41. The first-order valence-corrected chi connectivity index (χ1v) is 5.31. The molecule has 0 aliphatic rings. The van der Waals surface area contributed by atoms with Gasteiger partial charge in [-0.3, -0.25) is 9.59 Å². The van der Waals surface area contributed by atoms with Gasteiger partial charge in [0.1, 0.15) is 6.10 Å². The van der Waals surface area contributed by atoms with Crippen LogP contribution in [0.3, 0.4) is 0 Å². The summed E-state index contributed by atoms with van der Waals surface area (Å²) in [6, 6.07) is 0. The van der Waals surface area contributed by atoms with Gasteiger partial charge in [-0.2, -0.15) is 0 Å². The van der Waals surface area contributed by atoms with Gasteiger partial charge in [0.05, 0.1) is 6.61 Å². The summed E-state index contributed by atoms with van der Waals surface area (Å²) in [7, 11) is 1.43. The number of amides is 1. The quantitative estimate of drug-likeness (QED) is 0.431. The molecule has 0 aromatic carbocycles. The van der Waals surface area contributed by atoms with Crippen molar-refractivity contribution in [2.24, 2.45) is 5.73 Å². The summed E-state index contributed by atoms with van der Waals surface area (Å²) < 4.78 is 9.59. The van der Waals surface area contributed by atoms with Crippen LogP contribution in [0.15, 0.2) is 0 Å². The molecule has 1 amide bonds. The molecule has 94 valence electrons. The third-order valence-electron chi connectivity index (χ3n) is 1.95. The number of ether oxygens (including phenoxy) is 2. The first kappa shape index (κ1) is 14.9. The number of rotatable bonds is 8. The van der Waals surface area contributed by atoms with Crippen molar-refractivity contribution in [2.45, 2.75) is 25.9 Å². The van der Waals surface area contributed by atoms with E-state index in [1.807, 2.05) is 0 Å². The van der Waals surface area contributed by atoms with Crippen molar-refractivity contribution < 1.29 is 19.1 Å². The molecular weight excluding hydrogens is 212 g/mol. The lowest BCUT2D eigenvalue weighted by Gasteiger charge is -2.12. The van der Waals surface area contributed by atoms with Crippen LogP contribution < -0.4 is 11.1 Å². The number of nitrogens with one attached hydrogen (secondary N) is 1. The average Bonchev–Trinajstić information content (AvgIpc) is 2.26. The summed E-state index contributed by atoms with van der Waals surface area (Å²) in [6.45, 7) is 2.69. The molecule has 0 aromatic heterocycles. The van der Waals surface area contributed by atoms with Crippen molar-refractivity contribution in [3.05, 3.63) is 0 Å². The molecule has 0 saturated heterocycles. The summed E-state index contributed by atoms with van der Waals surface area (Å²) >= 11 is 0. The molecular formula is C10H20N2O4. The summed E-state index contributed by atoms with van der Waals surface area (Å²) in [5.41, 5.74) is 5.32. The minimum atomic E-state index is -0.623. The summed E-state index contributed by atoms with van der Waals surface area (Å²) in [5, 5.41) is 2.63. The Morgan fingerprint density at radius 3 is 2.62 bits per heavy atom. The second-order valence-corrected chi connectivity index (χ2v) is 3.16. The molecule has 0 aromatic rings. The van der Waals surface area contributed by atoms with Crippen LogP contribution in [-0.2, 0) is 19.1 Å². The molecule has 16 heavy (non-hydrogen) atoms. The fourth-order valence-corrected chi connectivity index (χ4v) is 1.10. The number of carbonyl (C=O) groups excluding carboxylic acids is 2. The molecule has 0 spiro atoms. The van der Waals surface area contributed by atoms with Gasteiger partial charge >= 0.3 is 5.97 Å². The van der Waals surface area contributed by atoms with E-state index >= 15 is 0 Å². The van der Waals surface area contributed by atoms with Crippen molar-refractivity contribution >= 4 is 11.9 Å². The topological polar surface area (TPSA) is 90.7 Å². The number of carbonyl (C=O) groups is 2. The van der Waals surface area contributed by atoms with Crippen molar-refractivity contribution in [2.75, 3.05) is 26.8 Å². The van der Waals surface area contributed by atoms with Gasteiger partial charge in [0.15, 0.2) is 0 Å². The molecule has 0 aliphatic carbocycles. The van der Waals surface area contributed by atoms with E-state index in [0.29, 0.717) is 26.0 Å². The summed E-state index contributed by atoms with van der Waals surface area (Å²) in [6.07, 6.45) is 0.225. The van der Waals surface area contributed by atoms with Gasteiger partial charge < -0.3 is 20.5 Å². The highest BCUT2D eigenvalue weighted by Crippen LogP contribution is 1.92. The van der Waals surface area contributed by atoms with Crippen LogP contribution in [0.1, 0.15) is 19.8 Å². The fraction of sp³-hybridized carbons (Fsp3) is 0.800. The van der Waals surface area contributed by atoms with Crippen LogP contribution in [-0.4, -0.2) is 44.8 Å². The Bertz CT molecular complexity index is 217. The second-order valence-electron chi connectivity index (χ2n) is 3.16. The molecule has 0 aliphatic heterocycles. The van der Waals surface area contributed by atoms with Crippen LogP contribution in [0.4, 0.5) is 0 Å². The van der Waals surface area contributed by atoms with Gasteiger partial charge in [-0.05, 0) is 13.3 Å². The van der Waals surface area contributed by atoms with E-state index in [0.717, 1.165) is 0 Å². The second kappa shape index (κ2) is 9.11. The molecule has 6 nitrogen and oxygen atoms in total. The van der Waals surface area contributed by atoms with Crippen molar-refractivity contribution in [1.82, 2.24) is 5.32 Å². The Morgan fingerprint density at radius 2 is 2.12 bits per heavy atom. The smallest absolute Gasteiger partial charge is 0.305 e. The minimum Gasteiger partial charge on any atom is -0.466 e. The SMILES string of the molecule is CCOC(=O)CCCNC(=O)C(CN)OC.